The Hall–Kier alpha value is -2.37. The molecule has 1 unspecified atom stereocenters. The number of nitrogens with two attached hydrogens (primary N) is 1. The molecule has 2 aromatic carbocycles. The van der Waals surface area contributed by atoms with Crippen LogP contribution in [0.3, 0.4) is 0 Å². The van der Waals surface area contributed by atoms with Crippen molar-refractivity contribution < 1.29 is 27.4 Å². The smallest absolute Gasteiger partial charge is 0.497 e. The molecule has 28 heavy (non-hydrogen) atoms. The first kappa shape index (κ1) is 23.7. The van der Waals surface area contributed by atoms with Gasteiger partial charge < -0.3 is 25.3 Å². The molecule has 3 N–H and O–H groups in total. The molecule has 0 amide bonds. The summed E-state index contributed by atoms with van der Waals surface area (Å²) in [6.45, 7) is 2.13. The van der Waals surface area contributed by atoms with Crippen LogP contribution in [0.25, 0.3) is 0 Å². The molecular formula is C18H21F3IN3O3. The summed E-state index contributed by atoms with van der Waals surface area (Å²) in [5.41, 5.74) is 6.26. The van der Waals surface area contributed by atoms with Crippen molar-refractivity contribution in [3.8, 4) is 17.2 Å². The number of rotatable bonds is 7. The van der Waals surface area contributed by atoms with E-state index in [0.717, 1.165) is 5.75 Å². The van der Waals surface area contributed by atoms with Crippen LogP contribution in [-0.4, -0.2) is 32.1 Å². The zero-order chi connectivity index (χ0) is 19.9. The fourth-order valence-electron chi connectivity index (χ4n) is 2.08. The number of guanidine groups is 1. The summed E-state index contributed by atoms with van der Waals surface area (Å²) in [6.07, 6.45) is -4.96. The van der Waals surface area contributed by atoms with Crippen LogP contribution in [0.2, 0.25) is 0 Å². The van der Waals surface area contributed by atoms with Crippen LogP contribution in [0.4, 0.5) is 18.9 Å². The Bertz CT molecular complexity index is 753. The summed E-state index contributed by atoms with van der Waals surface area (Å²) < 4.78 is 51.0. The second kappa shape index (κ2) is 10.8. The second-order valence-electron chi connectivity index (χ2n) is 5.53. The molecule has 0 heterocycles. The van der Waals surface area contributed by atoms with Gasteiger partial charge in [-0.2, -0.15) is 0 Å². The van der Waals surface area contributed by atoms with Crippen LogP contribution in [0.15, 0.2) is 53.5 Å². The minimum Gasteiger partial charge on any atom is -0.497 e. The van der Waals surface area contributed by atoms with Gasteiger partial charge in [-0.05, 0) is 55.5 Å². The van der Waals surface area contributed by atoms with Crippen molar-refractivity contribution in [2.75, 3.05) is 19.0 Å². The van der Waals surface area contributed by atoms with E-state index < -0.39 is 6.36 Å². The number of benzene rings is 2. The lowest BCUT2D eigenvalue weighted by Gasteiger charge is -2.14. The molecule has 0 fully saturated rings. The van der Waals surface area contributed by atoms with E-state index in [1.165, 1.54) is 24.3 Å². The van der Waals surface area contributed by atoms with Crippen LogP contribution in [-0.2, 0) is 0 Å². The number of methoxy groups -OCH3 is 1. The number of nitrogens with zero attached hydrogens (tertiary/aromatic N) is 1. The molecule has 0 saturated carbocycles. The Balaban J connectivity index is 0.00000392. The van der Waals surface area contributed by atoms with Crippen molar-refractivity contribution in [3.05, 3.63) is 48.5 Å². The largest absolute Gasteiger partial charge is 0.573 e. The summed E-state index contributed by atoms with van der Waals surface area (Å²) in [5, 5.41) is 2.79. The molecule has 154 valence electrons. The minimum absolute atomic E-state index is 0. The summed E-state index contributed by atoms with van der Waals surface area (Å²) in [4.78, 5) is 4.15. The maximum absolute atomic E-state index is 12.1. The van der Waals surface area contributed by atoms with E-state index in [2.05, 4.69) is 15.0 Å². The molecule has 2 rings (SSSR count). The van der Waals surface area contributed by atoms with Gasteiger partial charge in [-0.25, -0.2) is 4.99 Å². The number of ether oxygens (including phenoxy) is 3. The highest BCUT2D eigenvalue weighted by Gasteiger charge is 2.30. The topological polar surface area (TPSA) is 78.1 Å². The van der Waals surface area contributed by atoms with E-state index >= 15 is 0 Å². The predicted molar refractivity (Wildman–Crippen MR) is 112 cm³/mol. The molecule has 0 spiro atoms. The Labute approximate surface area is 177 Å². The number of nitrogens with one attached hydrogen (secondary N) is 1. The van der Waals surface area contributed by atoms with Gasteiger partial charge in [0.2, 0.25) is 0 Å². The molecular weight excluding hydrogens is 490 g/mol. The van der Waals surface area contributed by atoms with Gasteiger partial charge in [0.15, 0.2) is 5.96 Å². The third kappa shape index (κ3) is 8.55. The van der Waals surface area contributed by atoms with Gasteiger partial charge in [0.1, 0.15) is 23.4 Å². The maximum atomic E-state index is 12.1. The lowest BCUT2D eigenvalue weighted by Crippen LogP contribution is -2.25. The quantitative estimate of drug-likeness (QED) is 0.328. The average molecular weight is 511 g/mol. The third-order valence-corrected chi connectivity index (χ3v) is 3.28. The standard InChI is InChI=1S/C18H20F3N3O3.HI/c1-12(26-15-9-7-14(25-2)8-10-15)11-23-17(22)24-13-3-5-16(6-4-13)27-18(19,20)21;/h3-10,12H,11H2,1-2H3,(H3,22,23,24);1H. The van der Waals surface area contributed by atoms with Crippen LogP contribution in [0.1, 0.15) is 6.92 Å². The average Bonchev–Trinajstić information content (AvgIpc) is 2.61. The van der Waals surface area contributed by atoms with Crippen molar-refractivity contribution in [2.45, 2.75) is 19.4 Å². The van der Waals surface area contributed by atoms with Crippen molar-refractivity contribution in [1.29, 1.82) is 0 Å². The van der Waals surface area contributed by atoms with Crippen LogP contribution >= 0.6 is 24.0 Å². The fourth-order valence-corrected chi connectivity index (χ4v) is 2.08. The Morgan fingerprint density at radius 2 is 1.57 bits per heavy atom. The Morgan fingerprint density at radius 3 is 2.11 bits per heavy atom. The number of aliphatic imine (C=N–C) groups is 1. The SMILES string of the molecule is COc1ccc(OC(C)CN=C(N)Nc2ccc(OC(F)(F)F)cc2)cc1.I. The van der Waals surface area contributed by atoms with Gasteiger partial charge in [0.05, 0.1) is 13.7 Å². The summed E-state index contributed by atoms with van der Waals surface area (Å²) in [6, 6.07) is 12.3. The molecule has 0 saturated heterocycles. The van der Waals surface area contributed by atoms with Gasteiger partial charge in [-0.1, -0.05) is 0 Å². The van der Waals surface area contributed by atoms with Crippen LogP contribution in [0.5, 0.6) is 17.2 Å². The molecule has 6 nitrogen and oxygen atoms in total. The third-order valence-electron chi connectivity index (χ3n) is 3.28. The van der Waals surface area contributed by atoms with Gasteiger partial charge in [0, 0.05) is 5.69 Å². The fraction of sp³-hybridized carbons (Fsp3) is 0.278. The molecule has 0 aliphatic carbocycles. The van der Waals surface area contributed by atoms with E-state index in [9.17, 15) is 13.2 Å². The summed E-state index contributed by atoms with van der Waals surface area (Å²) >= 11 is 0. The summed E-state index contributed by atoms with van der Waals surface area (Å²) in [7, 11) is 1.58. The van der Waals surface area contributed by atoms with Gasteiger partial charge >= 0.3 is 6.36 Å². The van der Waals surface area contributed by atoms with E-state index in [0.29, 0.717) is 18.0 Å². The molecule has 2 aromatic rings. The predicted octanol–water partition coefficient (Wildman–Crippen LogP) is 4.41. The van der Waals surface area contributed by atoms with Crippen LogP contribution in [0, 0.1) is 0 Å². The Kier molecular flexibility index (Phi) is 9.16. The number of hydrogen-bond acceptors (Lipinski definition) is 4. The van der Waals surface area contributed by atoms with Crippen molar-refractivity contribution >= 4 is 35.6 Å². The van der Waals surface area contributed by atoms with Gasteiger partial charge in [0.25, 0.3) is 0 Å². The lowest BCUT2D eigenvalue weighted by atomic mass is 10.3. The number of anilines is 1. The normalized spacial score (nSPS) is 12.5. The van der Waals surface area contributed by atoms with Crippen molar-refractivity contribution in [3.63, 3.8) is 0 Å². The van der Waals surface area contributed by atoms with Gasteiger partial charge in [-0.3, -0.25) is 0 Å². The molecule has 10 heteroatoms. The number of hydrogen-bond donors (Lipinski definition) is 2. The van der Waals surface area contributed by atoms with Crippen LogP contribution < -0.4 is 25.3 Å². The first-order valence-corrected chi connectivity index (χ1v) is 7.98. The molecule has 0 aromatic heterocycles. The Morgan fingerprint density at radius 1 is 1.04 bits per heavy atom. The van der Waals surface area contributed by atoms with E-state index in [4.69, 9.17) is 15.2 Å². The maximum Gasteiger partial charge on any atom is 0.573 e. The monoisotopic (exact) mass is 511 g/mol. The van der Waals surface area contributed by atoms with Gasteiger partial charge in [-0.15, -0.1) is 37.1 Å². The van der Waals surface area contributed by atoms with E-state index in [-0.39, 0.29) is 41.8 Å². The molecule has 0 aliphatic rings. The first-order valence-electron chi connectivity index (χ1n) is 7.98. The van der Waals surface area contributed by atoms with E-state index in [1.54, 1.807) is 31.4 Å². The highest BCUT2D eigenvalue weighted by atomic mass is 127. The zero-order valence-corrected chi connectivity index (χ0v) is 17.5. The minimum atomic E-state index is -4.73. The van der Waals surface area contributed by atoms with Crippen molar-refractivity contribution in [1.82, 2.24) is 0 Å². The van der Waals surface area contributed by atoms with E-state index in [1.807, 2.05) is 6.92 Å². The second-order valence-corrected chi connectivity index (χ2v) is 5.53. The highest BCUT2D eigenvalue weighted by molar-refractivity contribution is 14.0. The summed E-state index contributed by atoms with van der Waals surface area (Å²) in [5.74, 6) is 1.20. The molecule has 1 atom stereocenters. The number of halogens is 4. The molecule has 0 aliphatic heterocycles. The lowest BCUT2D eigenvalue weighted by molar-refractivity contribution is -0.274. The number of alkyl halides is 3. The first-order chi connectivity index (χ1) is 12.7. The molecule has 0 radical (unpaired) electrons. The highest BCUT2D eigenvalue weighted by Crippen LogP contribution is 2.24. The van der Waals surface area contributed by atoms with Crippen molar-refractivity contribution in [2.24, 2.45) is 10.7 Å². The molecule has 0 bridgehead atoms. The zero-order valence-electron chi connectivity index (χ0n) is 15.2.